The first kappa shape index (κ1) is 14.3. The van der Waals surface area contributed by atoms with E-state index in [0.717, 1.165) is 5.56 Å². The van der Waals surface area contributed by atoms with E-state index in [9.17, 15) is 15.0 Å². The van der Waals surface area contributed by atoms with E-state index in [0.29, 0.717) is 19.4 Å². The molecule has 0 aliphatic rings. The average molecular weight is 249 g/mol. The van der Waals surface area contributed by atoms with Crippen molar-refractivity contribution in [3.8, 4) is 5.75 Å². The second kappa shape index (κ2) is 6.21. The third-order valence-electron chi connectivity index (χ3n) is 2.96. The van der Waals surface area contributed by atoms with Gasteiger partial charge in [0.25, 0.3) is 0 Å². The maximum Gasteiger partial charge on any atom is 0.323 e. The largest absolute Gasteiger partial charge is 0.508 e. The van der Waals surface area contributed by atoms with Gasteiger partial charge < -0.3 is 10.2 Å². The van der Waals surface area contributed by atoms with Crippen molar-refractivity contribution in [1.29, 1.82) is 0 Å². The Hall–Kier alpha value is -1.81. The fourth-order valence-corrected chi connectivity index (χ4v) is 1.63. The fraction of sp³-hybridized carbons (Fsp3) is 0.357. The molecule has 4 nitrogen and oxygen atoms in total. The number of carboxylic acid groups (broad SMARTS) is 1. The number of aromatic hydroxyl groups is 1. The second-order valence-electron chi connectivity index (χ2n) is 4.47. The van der Waals surface area contributed by atoms with Gasteiger partial charge in [0.05, 0.1) is 0 Å². The number of hydrogen-bond donors (Lipinski definition) is 3. The molecule has 0 bridgehead atoms. The van der Waals surface area contributed by atoms with Gasteiger partial charge in [-0.05, 0) is 37.5 Å². The molecule has 1 rings (SSSR count). The van der Waals surface area contributed by atoms with Crippen molar-refractivity contribution in [1.82, 2.24) is 5.32 Å². The molecule has 0 saturated heterocycles. The molecule has 0 amide bonds. The first-order chi connectivity index (χ1) is 8.48. The Balaban J connectivity index is 2.64. The van der Waals surface area contributed by atoms with Gasteiger partial charge in [0.15, 0.2) is 0 Å². The fourth-order valence-electron chi connectivity index (χ4n) is 1.63. The zero-order valence-electron chi connectivity index (χ0n) is 10.5. The smallest absolute Gasteiger partial charge is 0.323 e. The number of phenols is 1. The molecule has 1 aromatic carbocycles. The summed E-state index contributed by atoms with van der Waals surface area (Å²) in [6.45, 7) is 5.69. The highest BCUT2D eigenvalue weighted by Gasteiger charge is 2.31. The number of phenolic OH excluding ortho intramolecular Hbond substituents is 1. The highest BCUT2D eigenvalue weighted by atomic mass is 16.4. The van der Waals surface area contributed by atoms with Crippen LogP contribution >= 0.6 is 0 Å². The molecule has 4 heteroatoms. The van der Waals surface area contributed by atoms with E-state index < -0.39 is 11.5 Å². The zero-order valence-corrected chi connectivity index (χ0v) is 10.5. The Kier molecular flexibility index (Phi) is 4.92. The molecule has 18 heavy (non-hydrogen) atoms. The molecule has 0 aromatic heterocycles. The van der Waals surface area contributed by atoms with Crippen LogP contribution in [0, 0.1) is 0 Å². The van der Waals surface area contributed by atoms with Crippen LogP contribution in [0.2, 0.25) is 0 Å². The summed E-state index contributed by atoms with van der Waals surface area (Å²) in [5.74, 6) is -0.660. The van der Waals surface area contributed by atoms with E-state index in [-0.39, 0.29) is 5.75 Å². The van der Waals surface area contributed by atoms with Gasteiger partial charge in [-0.2, -0.15) is 0 Å². The minimum atomic E-state index is -0.966. The zero-order chi connectivity index (χ0) is 13.6. The molecular weight excluding hydrogens is 230 g/mol. The van der Waals surface area contributed by atoms with E-state index >= 15 is 0 Å². The Morgan fingerprint density at radius 1 is 1.44 bits per heavy atom. The highest BCUT2D eigenvalue weighted by molar-refractivity contribution is 5.78. The van der Waals surface area contributed by atoms with Gasteiger partial charge in [-0.15, -0.1) is 6.58 Å². The van der Waals surface area contributed by atoms with E-state index in [1.54, 1.807) is 37.3 Å². The van der Waals surface area contributed by atoms with Crippen molar-refractivity contribution in [3.05, 3.63) is 42.5 Å². The third-order valence-corrected chi connectivity index (χ3v) is 2.96. The molecule has 1 aromatic rings. The van der Waals surface area contributed by atoms with Crippen LogP contribution < -0.4 is 5.32 Å². The maximum absolute atomic E-state index is 11.3. The van der Waals surface area contributed by atoms with Crippen LogP contribution in [-0.2, 0) is 11.2 Å². The van der Waals surface area contributed by atoms with Crippen LogP contribution in [-0.4, -0.2) is 28.3 Å². The van der Waals surface area contributed by atoms with Crippen molar-refractivity contribution in [2.75, 3.05) is 6.54 Å². The van der Waals surface area contributed by atoms with Gasteiger partial charge in [0.1, 0.15) is 11.3 Å². The summed E-state index contributed by atoms with van der Waals surface area (Å²) in [7, 11) is 0. The molecule has 0 spiro atoms. The van der Waals surface area contributed by atoms with Crippen LogP contribution in [0.1, 0.15) is 18.9 Å². The van der Waals surface area contributed by atoms with E-state index in [2.05, 4.69) is 11.9 Å². The lowest BCUT2D eigenvalue weighted by molar-refractivity contribution is -0.144. The molecule has 0 radical (unpaired) electrons. The van der Waals surface area contributed by atoms with Gasteiger partial charge in [0, 0.05) is 6.54 Å². The maximum atomic E-state index is 11.3. The summed E-state index contributed by atoms with van der Waals surface area (Å²) in [5, 5.41) is 21.4. The SMILES string of the molecule is C=CCNC(C)(CCc1ccc(O)cc1)C(=O)O. The number of carbonyl (C=O) groups is 1. The molecule has 98 valence electrons. The minimum absolute atomic E-state index is 0.213. The van der Waals surface area contributed by atoms with Gasteiger partial charge in [-0.25, -0.2) is 0 Å². The summed E-state index contributed by atoms with van der Waals surface area (Å²) in [4.78, 5) is 11.3. The minimum Gasteiger partial charge on any atom is -0.508 e. The number of nitrogens with one attached hydrogen (secondary N) is 1. The standard InChI is InChI=1S/C14H19NO3/c1-3-10-15-14(2,13(17)18)9-8-11-4-6-12(16)7-5-11/h3-7,15-16H,1,8-10H2,2H3,(H,17,18). The molecular formula is C14H19NO3. The summed E-state index contributed by atoms with van der Waals surface area (Å²) < 4.78 is 0. The molecule has 0 aliphatic heterocycles. The summed E-state index contributed by atoms with van der Waals surface area (Å²) in [6.07, 6.45) is 2.75. The molecule has 1 atom stereocenters. The van der Waals surface area contributed by atoms with E-state index in [1.807, 2.05) is 0 Å². The van der Waals surface area contributed by atoms with E-state index in [1.165, 1.54) is 0 Å². The quantitative estimate of drug-likeness (QED) is 0.646. The van der Waals surface area contributed by atoms with Gasteiger partial charge in [-0.1, -0.05) is 18.2 Å². The van der Waals surface area contributed by atoms with E-state index in [4.69, 9.17) is 0 Å². The molecule has 0 aliphatic carbocycles. The van der Waals surface area contributed by atoms with Crippen molar-refractivity contribution in [2.24, 2.45) is 0 Å². The lowest BCUT2D eigenvalue weighted by Crippen LogP contribution is -2.49. The summed E-state index contributed by atoms with van der Waals surface area (Å²) in [6, 6.07) is 6.80. The molecule has 0 fully saturated rings. The molecule has 0 saturated carbocycles. The van der Waals surface area contributed by atoms with Crippen LogP contribution in [0.25, 0.3) is 0 Å². The molecule has 0 heterocycles. The van der Waals surface area contributed by atoms with Crippen molar-refractivity contribution in [2.45, 2.75) is 25.3 Å². The average Bonchev–Trinajstić information content (AvgIpc) is 2.35. The predicted octanol–water partition coefficient (Wildman–Crippen LogP) is 1.94. The molecule has 1 unspecified atom stereocenters. The van der Waals surface area contributed by atoms with Crippen molar-refractivity contribution in [3.63, 3.8) is 0 Å². The lowest BCUT2D eigenvalue weighted by Gasteiger charge is -2.25. The second-order valence-corrected chi connectivity index (χ2v) is 4.47. The van der Waals surface area contributed by atoms with Crippen LogP contribution in [0.3, 0.4) is 0 Å². The van der Waals surface area contributed by atoms with Gasteiger partial charge in [0.2, 0.25) is 0 Å². The number of aliphatic carboxylic acids is 1. The predicted molar refractivity (Wildman–Crippen MR) is 70.7 cm³/mol. The van der Waals surface area contributed by atoms with Gasteiger partial charge >= 0.3 is 5.97 Å². The molecule has 3 N–H and O–H groups in total. The summed E-state index contributed by atoms with van der Waals surface area (Å²) in [5.41, 5.74) is 0.0344. The Morgan fingerprint density at radius 2 is 2.06 bits per heavy atom. The Bertz CT molecular complexity index is 414. The lowest BCUT2D eigenvalue weighted by atomic mass is 9.93. The topological polar surface area (TPSA) is 69.6 Å². The van der Waals surface area contributed by atoms with Crippen LogP contribution in [0.15, 0.2) is 36.9 Å². The summed E-state index contributed by atoms with van der Waals surface area (Å²) >= 11 is 0. The number of benzene rings is 1. The monoisotopic (exact) mass is 249 g/mol. The van der Waals surface area contributed by atoms with Crippen molar-refractivity contribution >= 4 is 5.97 Å². The van der Waals surface area contributed by atoms with Crippen LogP contribution in [0.4, 0.5) is 0 Å². The first-order valence-electron chi connectivity index (χ1n) is 5.85. The van der Waals surface area contributed by atoms with Crippen molar-refractivity contribution < 1.29 is 15.0 Å². The number of rotatable bonds is 7. The highest BCUT2D eigenvalue weighted by Crippen LogP contribution is 2.17. The normalized spacial score (nSPS) is 13.8. The Labute approximate surface area is 107 Å². The van der Waals surface area contributed by atoms with Crippen LogP contribution in [0.5, 0.6) is 5.75 Å². The first-order valence-corrected chi connectivity index (χ1v) is 5.85. The Morgan fingerprint density at radius 3 is 2.56 bits per heavy atom. The number of aryl methyl sites for hydroxylation is 1. The van der Waals surface area contributed by atoms with Gasteiger partial charge in [-0.3, -0.25) is 10.1 Å². The number of carboxylic acids is 1. The third kappa shape index (κ3) is 3.89. The number of hydrogen-bond acceptors (Lipinski definition) is 3.